The third-order valence-electron chi connectivity index (χ3n) is 2.47. The second kappa shape index (κ2) is 8.16. The first-order valence-corrected chi connectivity index (χ1v) is 6.26. The number of nitrogens with zero attached hydrogens (tertiary/aromatic N) is 1. The normalized spacial score (nSPS) is 10.3. The second-order valence-corrected chi connectivity index (χ2v) is 4.02. The van der Waals surface area contributed by atoms with Crippen molar-refractivity contribution in [1.82, 2.24) is 4.90 Å². The van der Waals surface area contributed by atoms with Gasteiger partial charge in [-0.2, -0.15) is 0 Å². The number of carbonyl (C=O) groups is 2. The fourth-order valence-corrected chi connectivity index (χ4v) is 1.65. The predicted molar refractivity (Wildman–Crippen MR) is 72.2 cm³/mol. The molecule has 0 atom stereocenters. The monoisotopic (exact) mass is 281 g/mol. The van der Waals surface area contributed by atoms with Gasteiger partial charge in [0.1, 0.15) is 5.76 Å². The molecule has 1 aromatic heterocycles. The van der Waals surface area contributed by atoms with Crippen molar-refractivity contribution in [2.45, 2.75) is 13.5 Å². The molecule has 1 rings (SSSR count). The van der Waals surface area contributed by atoms with E-state index in [1.54, 1.807) is 24.0 Å². The van der Waals surface area contributed by atoms with Crippen molar-refractivity contribution in [2.75, 3.05) is 26.8 Å². The maximum absolute atomic E-state index is 11.5. The highest BCUT2D eigenvalue weighted by atomic mass is 16.5. The van der Waals surface area contributed by atoms with Crippen LogP contribution in [0.3, 0.4) is 0 Å². The number of rotatable bonds is 8. The molecule has 20 heavy (non-hydrogen) atoms. The molecule has 0 amide bonds. The van der Waals surface area contributed by atoms with Gasteiger partial charge in [-0.25, -0.2) is 4.79 Å². The smallest absolute Gasteiger partial charge is 0.373 e. The second-order valence-electron chi connectivity index (χ2n) is 4.02. The van der Waals surface area contributed by atoms with Crippen molar-refractivity contribution in [3.05, 3.63) is 36.3 Å². The number of ether oxygens (including phenoxy) is 2. The largest absolute Gasteiger partial charge is 0.465 e. The number of furan rings is 1. The molecule has 0 aliphatic heterocycles. The van der Waals surface area contributed by atoms with Crippen LogP contribution in [-0.4, -0.2) is 43.6 Å². The lowest BCUT2D eigenvalue weighted by molar-refractivity contribution is -0.144. The molecule has 1 aromatic rings. The molecular formula is C14H19NO5. The van der Waals surface area contributed by atoms with Crippen molar-refractivity contribution in [1.29, 1.82) is 0 Å². The zero-order valence-corrected chi connectivity index (χ0v) is 11.8. The number of hydrogen-bond donors (Lipinski definition) is 0. The van der Waals surface area contributed by atoms with E-state index < -0.39 is 5.97 Å². The number of esters is 2. The molecule has 0 saturated carbocycles. The van der Waals surface area contributed by atoms with E-state index in [9.17, 15) is 9.59 Å². The van der Waals surface area contributed by atoms with Gasteiger partial charge in [0.15, 0.2) is 0 Å². The molecule has 0 saturated heterocycles. The average molecular weight is 281 g/mol. The van der Waals surface area contributed by atoms with Crippen LogP contribution in [0.25, 0.3) is 0 Å². The highest BCUT2D eigenvalue weighted by molar-refractivity contribution is 5.86. The first-order chi connectivity index (χ1) is 9.60. The van der Waals surface area contributed by atoms with Gasteiger partial charge in [0.05, 0.1) is 26.8 Å². The molecular weight excluding hydrogens is 262 g/mol. The van der Waals surface area contributed by atoms with E-state index in [4.69, 9.17) is 9.15 Å². The van der Waals surface area contributed by atoms with Gasteiger partial charge in [0.25, 0.3) is 0 Å². The molecule has 0 aliphatic rings. The number of carbonyl (C=O) groups excluding carboxylic acids is 2. The van der Waals surface area contributed by atoms with Crippen molar-refractivity contribution in [2.24, 2.45) is 0 Å². The van der Waals surface area contributed by atoms with Gasteiger partial charge in [-0.05, 0) is 19.1 Å². The molecule has 0 fully saturated rings. The van der Waals surface area contributed by atoms with Crippen LogP contribution in [0.1, 0.15) is 23.2 Å². The number of methoxy groups -OCH3 is 1. The van der Waals surface area contributed by atoms with Gasteiger partial charge in [0.2, 0.25) is 5.76 Å². The van der Waals surface area contributed by atoms with Crippen LogP contribution < -0.4 is 0 Å². The highest BCUT2D eigenvalue weighted by Crippen LogP contribution is 2.11. The third kappa shape index (κ3) is 4.89. The van der Waals surface area contributed by atoms with Gasteiger partial charge >= 0.3 is 11.9 Å². The van der Waals surface area contributed by atoms with Gasteiger partial charge < -0.3 is 13.9 Å². The molecule has 6 heteroatoms. The lowest BCUT2D eigenvalue weighted by Crippen LogP contribution is -2.30. The summed E-state index contributed by atoms with van der Waals surface area (Å²) in [5, 5.41) is 0. The molecule has 0 radical (unpaired) electrons. The minimum atomic E-state index is -0.531. The fraction of sp³-hybridized carbons (Fsp3) is 0.429. The fourth-order valence-electron chi connectivity index (χ4n) is 1.65. The van der Waals surface area contributed by atoms with Crippen LogP contribution in [0, 0.1) is 0 Å². The summed E-state index contributed by atoms with van der Waals surface area (Å²) in [6.45, 7) is 6.76. The third-order valence-corrected chi connectivity index (χ3v) is 2.47. The van der Waals surface area contributed by atoms with Crippen molar-refractivity contribution >= 4 is 11.9 Å². The summed E-state index contributed by atoms with van der Waals surface area (Å²) in [4.78, 5) is 24.6. The van der Waals surface area contributed by atoms with E-state index >= 15 is 0 Å². The van der Waals surface area contributed by atoms with Crippen LogP contribution in [0.15, 0.2) is 29.2 Å². The van der Waals surface area contributed by atoms with Crippen molar-refractivity contribution < 1.29 is 23.5 Å². The van der Waals surface area contributed by atoms with Gasteiger partial charge in [-0.1, -0.05) is 6.08 Å². The molecule has 110 valence electrons. The van der Waals surface area contributed by atoms with Gasteiger partial charge in [0, 0.05) is 6.54 Å². The predicted octanol–water partition coefficient (Wildman–Crippen LogP) is 1.62. The lowest BCUT2D eigenvalue weighted by atomic mass is 10.3. The lowest BCUT2D eigenvalue weighted by Gasteiger charge is -2.17. The van der Waals surface area contributed by atoms with Crippen LogP contribution in [0.5, 0.6) is 0 Å². The Morgan fingerprint density at radius 3 is 2.80 bits per heavy atom. The Morgan fingerprint density at radius 1 is 1.45 bits per heavy atom. The Kier molecular flexibility index (Phi) is 6.52. The quantitative estimate of drug-likeness (QED) is 0.532. The van der Waals surface area contributed by atoms with Crippen molar-refractivity contribution in [3.8, 4) is 0 Å². The SMILES string of the molecule is C=CCN(CC(=O)OCC)Cc1ccc(C(=O)OC)o1. The summed E-state index contributed by atoms with van der Waals surface area (Å²) in [6, 6.07) is 3.21. The Bertz CT molecular complexity index is 466. The highest BCUT2D eigenvalue weighted by Gasteiger charge is 2.15. The zero-order chi connectivity index (χ0) is 15.0. The summed E-state index contributed by atoms with van der Waals surface area (Å²) in [5.74, 6) is -0.139. The van der Waals surface area contributed by atoms with E-state index in [2.05, 4.69) is 11.3 Å². The van der Waals surface area contributed by atoms with E-state index in [0.717, 1.165) is 0 Å². The van der Waals surface area contributed by atoms with E-state index in [0.29, 0.717) is 25.5 Å². The summed E-state index contributed by atoms with van der Waals surface area (Å²) < 4.78 is 14.8. The Balaban J connectivity index is 2.65. The Hall–Kier alpha value is -2.08. The van der Waals surface area contributed by atoms with Crippen LogP contribution in [0.4, 0.5) is 0 Å². The van der Waals surface area contributed by atoms with Gasteiger partial charge in [-0.15, -0.1) is 6.58 Å². The summed E-state index contributed by atoms with van der Waals surface area (Å²) in [6.07, 6.45) is 1.68. The Labute approximate surface area is 117 Å². The van der Waals surface area contributed by atoms with E-state index in [-0.39, 0.29) is 18.3 Å². The Morgan fingerprint density at radius 2 is 2.20 bits per heavy atom. The first-order valence-electron chi connectivity index (χ1n) is 6.26. The van der Waals surface area contributed by atoms with Crippen LogP contribution >= 0.6 is 0 Å². The molecule has 0 spiro atoms. The molecule has 0 unspecified atom stereocenters. The molecule has 1 heterocycles. The average Bonchev–Trinajstić information content (AvgIpc) is 2.87. The summed E-state index contributed by atoms with van der Waals surface area (Å²) in [5.41, 5.74) is 0. The van der Waals surface area contributed by atoms with Crippen LogP contribution in [0.2, 0.25) is 0 Å². The first kappa shape index (κ1) is 16.0. The molecule has 0 aliphatic carbocycles. The standard InChI is InChI=1S/C14H19NO5/c1-4-8-15(10-13(16)19-5-2)9-11-6-7-12(20-11)14(17)18-3/h4,6-7H,1,5,8-10H2,2-3H3. The summed E-state index contributed by atoms with van der Waals surface area (Å²) in [7, 11) is 1.29. The van der Waals surface area contributed by atoms with Crippen LogP contribution in [-0.2, 0) is 20.8 Å². The minimum Gasteiger partial charge on any atom is -0.465 e. The van der Waals surface area contributed by atoms with E-state index in [1.807, 2.05) is 0 Å². The van der Waals surface area contributed by atoms with E-state index in [1.165, 1.54) is 13.2 Å². The molecule has 6 nitrogen and oxygen atoms in total. The number of hydrogen-bond acceptors (Lipinski definition) is 6. The zero-order valence-electron chi connectivity index (χ0n) is 11.8. The molecule has 0 bridgehead atoms. The molecule has 0 aromatic carbocycles. The van der Waals surface area contributed by atoms with Gasteiger partial charge in [-0.3, -0.25) is 9.69 Å². The molecule has 0 N–H and O–H groups in total. The maximum atomic E-state index is 11.5. The van der Waals surface area contributed by atoms with Crippen molar-refractivity contribution in [3.63, 3.8) is 0 Å². The summed E-state index contributed by atoms with van der Waals surface area (Å²) >= 11 is 0. The maximum Gasteiger partial charge on any atom is 0.373 e. The topological polar surface area (TPSA) is 69.0 Å². The minimum absolute atomic E-state index is 0.133.